The molecule has 184 valence electrons. The van der Waals surface area contributed by atoms with E-state index in [1.54, 1.807) is 0 Å². The molecule has 2 aliphatic rings. The van der Waals surface area contributed by atoms with Gasteiger partial charge in [0.2, 0.25) is 15.9 Å². The van der Waals surface area contributed by atoms with Crippen LogP contribution in [0.2, 0.25) is 0 Å². The maximum absolute atomic E-state index is 14.0. The summed E-state index contributed by atoms with van der Waals surface area (Å²) in [6, 6.07) is 6.20. The molecule has 1 fully saturated rings. The van der Waals surface area contributed by atoms with Crippen molar-refractivity contribution in [3.05, 3.63) is 53.1 Å². The summed E-state index contributed by atoms with van der Waals surface area (Å²) in [5, 5.41) is 2.92. The fourth-order valence-corrected chi connectivity index (χ4v) is 5.95. The lowest BCUT2D eigenvalue weighted by Crippen LogP contribution is -2.43. The lowest BCUT2D eigenvalue weighted by molar-refractivity contribution is -0.126. The molecule has 2 heterocycles. The number of sulfonamides is 1. The highest BCUT2D eigenvalue weighted by Crippen LogP contribution is 2.35. The average molecular weight is 495 g/mol. The molecule has 0 aromatic heterocycles. The van der Waals surface area contributed by atoms with E-state index in [0.717, 1.165) is 39.7 Å². The third-order valence-corrected chi connectivity index (χ3v) is 8.08. The van der Waals surface area contributed by atoms with Crippen LogP contribution in [0.3, 0.4) is 0 Å². The number of carbonyl (C=O) groups is 1. The maximum atomic E-state index is 14.0. The van der Waals surface area contributed by atoms with Gasteiger partial charge in [0.05, 0.1) is 6.61 Å². The minimum absolute atomic E-state index is 0.0468. The van der Waals surface area contributed by atoms with Crippen LogP contribution in [-0.4, -0.2) is 44.4 Å². The van der Waals surface area contributed by atoms with Crippen LogP contribution in [0.15, 0.2) is 35.2 Å². The van der Waals surface area contributed by atoms with Crippen molar-refractivity contribution in [1.29, 1.82) is 0 Å². The fourth-order valence-electron chi connectivity index (χ4n) is 4.41. The van der Waals surface area contributed by atoms with Gasteiger partial charge in [-0.1, -0.05) is 0 Å². The molecule has 2 aliphatic heterocycles. The molecule has 0 spiro atoms. The summed E-state index contributed by atoms with van der Waals surface area (Å²) < 4.78 is 65.7. The molecule has 0 aliphatic carbocycles. The van der Waals surface area contributed by atoms with Crippen LogP contribution in [0.4, 0.5) is 8.78 Å². The number of halogens is 2. The lowest BCUT2D eigenvalue weighted by Gasteiger charge is -2.30. The van der Waals surface area contributed by atoms with Gasteiger partial charge in [0.25, 0.3) is 0 Å². The van der Waals surface area contributed by atoms with Crippen molar-refractivity contribution in [1.82, 2.24) is 9.62 Å². The molecular formula is C24H28F2N2O5S. The normalized spacial score (nSPS) is 18.9. The van der Waals surface area contributed by atoms with Crippen LogP contribution in [0.5, 0.6) is 11.5 Å². The Labute approximate surface area is 198 Å². The number of piperidine rings is 1. The van der Waals surface area contributed by atoms with Gasteiger partial charge in [-0.25, -0.2) is 17.2 Å². The summed E-state index contributed by atoms with van der Waals surface area (Å²) in [5.74, 6) is -0.900. The number of hydrogen-bond donors (Lipinski definition) is 1. The van der Waals surface area contributed by atoms with Crippen LogP contribution in [-0.2, 0) is 27.8 Å². The summed E-state index contributed by atoms with van der Waals surface area (Å²) in [5.41, 5.74) is 1.89. The number of amides is 1. The second-order valence-electron chi connectivity index (χ2n) is 8.60. The SMILES string of the molecule is CCOc1cc2c(cc1CNC(=O)C1CCN(S(=O)(=O)c3cc(F)ccc3F)CC1)OC(C)C2. The number of fused-ring (bicyclic) bond motifs is 1. The molecular weight excluding hydrogens is 466 g/mol. The summed E-state index contributed by atoms with van der Waals surface area (Å²) in [6.45, 7) is 4.74. The van der Waals surface area contributed by atoms with Crippen LogP contribution < -0.4 is 14.8 Å². The molecule has 2 aromatic carbocycles. The van der Waals surface area contributed by atoms with Crippen molar-refractivity contribution in [2.45, 2.75) is 50.7 Å². The summed E-state index contributed by atoms with van der Waals surface area (Å²) >= 11 is 0. The molecule has 1 unspecified atom stereocenters. The Hall–Kier alpha value is -2.72. The van der Waals surface area contributed by atoms with Gasteiger partial charge in [-0.05, 0) is 57.0 Å². The zero-order valence-corrected chi connectivity index (χ0v) is 20.0. The number of hydrogen-bond acceptors (Lipinski definition) is 5. The Bertz CT molecular complexity index is 1180. The second kappa shape index (κ2) is 9.87. The predicted molar refractivity (Wildman–Crippen MR) is 121 cm³/mol. The Balaban J connectivity index is 1.37. The van der Waals surface area contributed by atoms with E-state index < -0.39 is 26.6 Å². The smallest absolute Gasteiger partial charge is 0.246 e. The van der Waals surface area contributed by atoms with Crippen molar-refractivity contribution in [2.24, 2.45) is 5.92 Å². The third-order valence-electron chi connectivity index (χ3n) is 6.17. The van der Waals surface area contributed by atoms with Crippen LogP contribution in [0.25, 0.3) is 0 Å². The maximum Gasteiger partial charge on any atom is 0.246 e. The molecule has 1 atom stereocenters. The van der Waals surface area contributed by atoms with Gasteiger partial charge in [-0.2, -0.15) is 4.31 Å². The van der Waals surface area contributed by atoms with Gasteiger partial charge in [-0.3, -0.25) is 4.79 Å². The van der Waals surface area contributed by atoms with E-state index in [1.807, 2.05) is 26.0 Å². The van der Waals surface area contributed by atoms with E-state index in [1.165, 1.54) is 0 Å². The first-order valence-corrected chi connectivity index (χ1v) is 12.8. The molecule has 1 saturated heterocycles. The highest BCUT2D eigenvalue weighted by Gasteiger charge is 2.34. The number of nitrogens with zero attached hydrogens (tertiary/aromatic N) is 1. The van der Waals surface area contributed by atoms with E-state index in [0.29, 0.717) is 18.4 Å². The Morgan fingerprint density at radius 1 is 1.21 bits per heavy atom. The number of carbonyl (C=O) groups excluding carboxylic acids is 1. The van der Waals surface area contributed by atoms with E-state index in [2.05, 4.69) is 5.32 Å². The van der Waals surface area contributed by atoms with E-state index in [-0.39, 0.29) is 50.4 Å². The number of benzene rings is 2. The minimum atomic E-state index is -4.19. The Morgan fingerprint density at radius 3 is 2.65 bits per heavy atom. The topological polar surface area (TPSA) is 84.9 Å². The predicted octanol–water partition coefficient (Wildman–Crippen LogP) is 3.40. The van der Waals surface area contributed by atoms with Crippen molar-refractivity contribution in [2.75, 3.05) is 19.7 Å². The number of rotatable bonds is 7. The van der Waals surface area contributed by atoms with Gasteiger partial charge in [0.1, 0.15) is 34.1 Å². The van der Waals surface area contributed by atoms with Crippen molar-refractivity contribution in [3.8, 4) is 11.5 Å². The van der Waals surface area contributed by atoms with Crippen molar-refractivity contribution >= 4 is 15.9 Å². The quantitative estimate of drug-likeness (QED) is 0.638. The summed E-state index contributed by atoms with van der Waals surface area (Å²) in [4.78, 5) is 12.1. The van der Waals surface area contributed by atoms with Crippen molar-refractivity contribution in [3.63, 3.8) is 0 Å². The van der Waals surface area contributed by atoms with Crippen LogP contribution in [0.1, 0.15) is 37.8 Å². The average Bonchev–Trinajstić information content (AvgIpc) is 3.17. The zero-order chi connectivity index (χ0) is 24.5. The largest absolute Gasteiger partial charge is 0.494 e. The highest BCUT2D eigenvalue weighted by molar-refractivity contribution is 7.89. The molecule has 0 saturated carbocycles. The van der Waals surface area contributed by atoms with Gasteiger partial charge in [-0.15, -0.1) is 0 Å². The summed E-state index contributed by atoms with van der Waals surface area (Å²) in [7, 11) is -4.19. The van der Waals surface area contributed by atoms with Gasteiger partial charge in [0, 0.05) is 43.1 Å². The first kappa shape index (κ1) is 24.4. The van der Waals surface area contributed by atoms with Gasteiger partial charge < -0.3 is 14.8 Å². The van der Waals surface area contributed by atoms with Gasteiger partial charge >= 0.3 is 0 Å². The molecule has 4 rings (SSSR count). The lowest BCUT2D eigenvalue weighted by atomic mass is 9.97. The molecule has 2 aromatic rings. The number of nitrogens with one attached hydrogen (secondary N) is 1. The fraction of sp³-hybridized carbons (Fsp3) is 0.458. The first-order valence-electron chi connectivity index (χ1n) is 11.4. The Kier molecular flexibility index (Phi) is 7.09. The summed E-state index contributed by atoms with van der Waals surface area (Å²) in [6.07, 6.45) is 1.47. The minimum Gasteiger partial charge on any atom is -0.494 e. The van der Waals surface area contributed by atoms with E-state index in [4.69, 9.17) is 9.47 Å². The molecule has 10 heteroatoms. The molecule has 7 nitrogen and oxygen atoms in total. The third kappa shape index (κ3) is 5.02. The van der Waals surface area contributed by atoms with E-state index >= 15 is 0 Å². The van der Waals surface area contributed by atoms with E-state index in [9.17, 15) is 22.0 Å². The zero-order valence-electron chi connectivity index (χ0n) is 19.1. The van der Waals surface area contributed by atoms with Crippen LogP contribution >= 0.6 is 0 Å². The standard InChI is InChI=1S/C24H28F2N2O5S/c1-3-32-21-11-17-10-15(2)33-22(17)12-18(21)14-27-24(29)16-6-8-28(9-7-16)34(30,31)23-13-19(25)4-5-20(23)26/h4-5,11-13,15-16H,3,6-10,14H2,1-2H3,(H,27,29). The van der Waals surface area contributed by atoms with Crippen LogP contribution in [0, 0.1) is 17.6 Å². The van der Waals surface area contributed by atoms with Crippen molar-refractivity contribution < 1.29 is 31.5 Å². The molecule has 1 amide bonds. The molecule has 34 heavy (non-hydrogen) atoms. The molecule has 0 bridgehead atoms. The monoisotopic (exact) mass is 494 g/mol. The highest BCUT2D eigenvalue weighted by atomic mass is 32.2. The molecule has 1 N–H and O–H groups in total. The van der Waals surface area contributed by atoms with Gasteiger partial charge in [0.15, 0.2) is 0 Å². The Morgan fingerprint density at radius 2 is 1.94 bits per heavy atom. The molecule has 0 radical (unpaired) electrons. The second-order valence-corrected chi connectivity index (χ2v) is 10.5. The first-order chi connectivity index (χ1) is 16.2. The number of ether oxygens (including phenoxy) is 2.